The third-order valence-corrected chi connectivity index (χ3v) is 15.6. The van der Waals surface area contributed by atoms with Gasteiger partial charge in [0.25, 0.3) is 0 Å². The van der Waals surface area contributed by atoms with Gasteiger partial charge in [-0.05, 0) is 64.7 Å². The second kappa shape index (κ2) is 14.2. The minimum absolute atomic E-state index is 0.274. The van der Waals surface area contributed by atoms with Crippen molar-refractivity contribution in [3.8, 4) is 39.9 Å². The van der Waals surface area contributed by atoms with Crippen LogP contribution in [0.2, 0.25) is 0 Å². The van der Waals surface area contributed by atoms with Crippen molar-refractivity contribution in [3.63, 3.8) is 0 Å². The Morgan fingerprint density at radius 3 is 1.15 bits per heavy atom. The molecule has 71 heavy (non-hydrogen) atoms. The normalized spacial score (nSPS) is 13.0. The summed E-state index contributed by atoms with van der Waals surface area (Å²) in [6.07, 6.45) is 0. The molecule has 0 saturated heterocycles. The lowest BCUT2D eigenvalue weighted by Gasteiger charge is -2.29. The van der Waals surface area contributed by atoms with E-state index in [0.717, 1.165) is 98.6 Å². The van der Waals surface area contributed by atoms with Gasteiger partial charge in [0.15, 0.2) is 0 Å². The Bertz CT molecular complexity index is 4600. The molecule has 6 heteroatoms. The molecule has 6 nitrogen and oxygen atoms in total. The summed E-state index contributed by atoms with van der Waals surface area (Å²) in [4.78, 5) is 4.62. The van der Waals surface area contributed by atoms with Crippen molar-refractivity contribution >= 4 is 92.9 Å². The predicted molar refractivity (Wildman–Crippen MR) is 292 cm³/mol. The van der Waals surface area contributed by atoms with E-state index in [4.69, 9.17) is 0 Å². The summed E-state index contributed by atoms with van der Waals surface area (Å²) in [5.74, 6) is 0. The fourth-order valence-corrected chi connectivity index (χ4v) is 12.8. The number of aromatic nitrogens is 4. The molecule has 0 unspecified atom stereocenters. The first-order valence-electron chi connectivity index (χ1n) is 24.1. The predicted octanol–water partition coefficient (Wildman–Crippen LogP) is 16.8. The average molecular weight is 905 g/mol. The molecule has 0 fully saturated rings. The van der Waals surface area contributed by atoms with Gasteiger partial charge in [-0.2, -0.15) is 5.26 Å². The Balaban J connectivity index is 1.30. The zero-order valence-corrected chi connectivity index (χ0v) is 38.8. The second-order valence-corrected chi connectivity index (χ2v) is 19.4. The second-order valence-electron chi connectivity index (χ2n) is 19.4. The zero-order chi connectivity index (χ0) is 47.3. The van der Waals surface area contributed by atoms with Crippen LogP contribution in [0.4, 0.5) is 5.69 Å². The van der Waals surface area contributed by atoms with Crippen LogP contribution in [0.5, 0.6) is 0 Å². The monoisotopic (exact) mass is 904 g/mol. The number of para-hydroxylation sites is 7. The molecule has 1 aliphatic carbocycles. The fraction of sp³-hybridized carbons (Fsp3) is 0.0462. The number of rotatable bonds is 4. The van der Waals surface area contributed by atoms with Crippen LogP contribution < -0.4 is 0 Å². The maximum absolute atomic E-state index is 12.3. The maximum atomic E-state index is 12.3. The lowest BCUT2D eigenvalue weighted by atomic mass is 9.81. The van der Waals surface area contributed by atoms with Crippen molar-refractivity contribution in [1.82, 2.24) is 18.3 Å². The van der Waals surface area contributed by atoms with E-state index in [1.807, 2.05) is 0 Å². The first-order valence-corrected chi connectivity index (χ1v) is 24.1. The van der Waals surface area contributed by atoms with Gasteiger partial charge in [-0.1, -0.05) is 178 Å². The van der Waals surface area contributed by atoms with Gasteiger partial charge in [0.1, 0.15) is 0 Å². The van der Waals surface area contributed by atoms with Crippen molar-refractivity contribution in [2.45, 2.75) is 19.3 Å². The summed E-state index contributed by atoms with van der Waals surface area (Å²) < 4.78 is 9.42. The van der Waals surface area contributed by atoms with Gasteiger partial charge in [-0.15, -0.1) is 0 Å². The van der Waals surface area contributed by atoms with Crippen LogP contribution in [0.25, 0.3) is 126 Å². The fourth-order valence-electron chi connectivity index (χ4n) is 12.8. The molecule has 14 aromatic rings. The molecule has 0 atom stereocenters. The maximum Gasteiger partial charge on any atom is 0.232 e. The van der Waals surface area contributed by atoms with Gasteiger partial charge in [0, 0.05) is 48.5 Å². The van der Waals surface area contributed by atoms with Crippen LogP contribution in [0.3, 0.4) is 0 Å². The van der Waals surface area contributed by atoms with E-state index < -0.39 is 5.41 Å². The summed E-state index contributed by atoms with van der Waals surface area (Å²) in [6, 6.07) is 76.1. The smallest absolute Gasteiger partial charge is 0.232 e. The van der Waals surface area contributed by atoms with Gasteiger partial charge in [0.05, 0.1) is 85.1 Å². The van der Waals surface area contributed by atoms with Crippen molar-refractivity contribution in [3.05, 3.63) is 234 Å². The number of hydrogen-bond acceptors (Lipinski definition) is 1. The topological polar surface area (TPSA) is 47.9 Å². The van der Waals surface area contributed by atoms with Gasteiger partial charge >= 0.3 is 0 Å². The number of benzene rings is 10. The Morgan fingerprint density at radius 1 is 0.380 bits per heavy atom. The Labute approximate surface area is 408 Å². The van der Waals surface area contributed by atoms with Crippen LogP contribution in [-0.2, 0) is 5.41 Å². The molecule has 0 spiro atoms. The summed E-state index contributed by atoms with van der Waals surface area (Å²) in [5, 5.41) is 21.0. The molecule has 0 amide bonds. The first kappa shape index (κ1) is 39.4. The van der Waals surface area contributed by atoms with Crippen molar-refractivity contribution in [2.75, 3.05) is 0 Å². The first-order chi connectivity index (χ1) is 35.0. The highest BCUT2D eigenvalue weighted by Gasteiger charge is 2.40. The highest BCUT2D eigenvalue weighted by molar-refractivity contribution is 6.18. The molecule has 0 aliphatic heterocycles. The Morgan fingerprint density at radius 2 is 0.732 bits per heavy atom. The van der Waals surface area contributed by atoms with Gasteiger partial charge in [-0.25, -0.2) is 4.85 Å². The van der Waals surface area contributed by atoms with Crippen molar-refractivity contribution in [2.24, 2.45) is 0 Å². The van der Waals surface area contributed by atoms with E-state index in [2.05, 4.69) is 249 Å². The number of hydrogen-bond donors (Lipinski definition) is 0. The highest BCUT2D eigenvalue weighted by atomic mass is 15.2. The largest absolute Gasteiger partial charge is 0.317 e. The van der Waals surface area contributed by atoms with Crippen LogP contribution in [0.15, 0.2) is 206 Å². The van der Waals surface area contributed by atoms with Crippen LogP contribution in [0.1, 0.15) is 30.5 Å². The van der Waals surface area contributed by atoms with Crippen LogP contribution in [-0.4, -0.2) is 18.3 Å². The van der Waals surface area contributed by atoms with Crippen molar-refractivity contribution in [1.29, 1.82) is 5.26 Å². The minimum Gasteiger partial charge on any atom is -0.317 e. The number of nitriles is 1. The summed E-state index contributed by atoms with van der Waals surface area (Å²) >= 11 is 0. The van der Waals surface area contributed by atoms with Crippen LogP contribution >= 0.6 is 0 Å². The summed E-state index contributed by atoms with van der Waals surface area (Å²) in [6.45, 7) is 14.2. The van der Waals surface area contributed by atoms with E-state index in [0.29, 0.717) is 16.9 Å². The molecule has 0 radical (unpaired) electrons. The van der Waals surface area contributed by atoms with E-state index in [-0.39, 0.29) is 5.69 Å². The van der Waals surface area contributed by atoms with Gasteiger partial charge in [-0.3, -0.25) is 0 Å². The third kappa shape index (κ3) is 4.98. The van der Waals surface area contributed by atoms with E-state index in [9.17, 15) is 11.8 Å². The van der Waals surface area contributed by atoms with Gasteiger partial charge in [0.2, 0.25) is 5.69 Å². The molecule has 4 heterocycles. The zero-order valence-electron chi connectivity index (χ0n) is 38.8. The van der Waals surface area contributed by atoms with Crippen molar-refractivity contribution < 1.29 is 0 Å². The molecule has 0 N–H and O–H groups in total. The summed E-state index contributed by atoms with van der Waals surface area (Å²) in [7, 11) is 0. The molecule has 0 saturated carbocycles. The number of fused-ring (bicyclic) bond motifs is 16. The quantitative estimate of drug-likeness (QED) is 0.162. The molecule has 4 aromatic heterocycles. The summed E-state index contributed by atoms with van der Waals surface area (Å²) in [5.41, 5.74) is 15.7. The Hall–Kier alpha value is -9.62. The molecule has 15 rings (SSSR count). The standard InChI is InChI=1S/C65H40N6/c1-65(2)50-28-12-4-20-39(50)47-36-37-48-46-27-11-19-35-57(46)71(60(48)58(47)65)61-49(38-66)59(67-3)62(68-51-29-13-5-21-40(51)41-22-6-14-30-52(41)68)64(70-55-33-17-9-25-44(55)45-26-10-18-34-56(45)70)63(61)69-53-31-15-7-23-42(53)43-24-8-16-32-54(43)69/h4-37H,1-2H3. The highest BCUT2D eigenvalue weighted by Crippen LogP contribution is 2.56. The average Bonchev–Trinajstić information content (AvgIpc) is 4.20. The molecular formula is C65H40N6. The lowest BCUT2D eigenvalue weighted by molar-refractivity contribution is 0.664. The SMILES string of the molecule is [C-]#[N+]c1c(C#N)c(-n2c3ccccc3c3ccc4c(c32)C(C)(C)c2ccccc2-4)c(-n2c3ccccc3c3ccccc32)c(-n2c3ccccc3c3ccccc32)c1-n1c2ccccc2c2ccccc21. The minimum atomic E-state index is -0.418. The Kier molecular flexibility index (Phi) is 7.88. The molecule has 330 valence electrons. The van der Waals surface area contributed by atoms with E-state index in [1.54, 1.807) is 0 Å². The lowest BCUT2D eigenvalue weighted by Crippen LogP contribution is -2.18. The molecule has 1 aliphatic rings. The molecule has 10 aromatic carbocycles. The molecule has 0 bridgehead atoms. The number of nitrogens with zero attached hydrogens (tertiary/aromatic N) is 6. The third-order valence-electron chi connectivity index (χ3n) is 15.6. The molecular weight excluding hydrogens is 865 g/mol. The van der Waals surface area contributed by atoms with E-state index >= 15 is 0 Å². The van der Waals surface area contributed by atoms with Gasteiger partial charge < -0.3 is 18.3 Å². The van der Waals surface area contributed by atoms with Crippen LogP contribution in [0, 0.1) is 17.9 Å². The van der Waals surface area contributed by atoms with E-state index in [1.165, 1.54) is 22.3 Å².